The third kappa shape index (κ3) is 4.98. The van der Waals surface area contributed by atoms with E-state index in [-0.39, 0.29) is 36.1 Å². The first-order valence-electron chi connectivity index (χ1n) is 12.3. The van der Waals surface area contributed by atoms with Crippen molar-refractivity contribution in [2.24, 2.45) is 23.2 Å². The quantitative estimate of drug-likeness (QED) is 0.560. The van der Waals surface area contributed by atoms with Crippen molar-refractivity contribution in [3.63, 3.8) is 0 Å². The van der Waals surface area contributed by atoms with Gasteiger partial charge >= 0.3 is 0 Å². The predicted molar refractivity (Wildman–Crippen MR) is 129 cm³/mol. The number of anilines is 1. The zero-order valence-electron chi connectivity index (χ0n) is 19.4. The summed E-state index contributed by atoms with van der Waals surface area (Å²) in [5.74, 6) is 2.05. The fourth-order valence-electron chi connectivity index (χ4n) is 6.58. The van der Waals surface area contributed by atoms with Crippen LogP contribution in [0.3, 0.4) is 0 Å². The monoisotopic (exact) mass is 460 g/mol. The third-order valence-electron chi connectivity index (χ3n) is 7.77. The number of rotatable bonds is 8. The predicted octanol–water partition coefficient (Wildman–Crippen LogP) is 3.67. The third-order valence-corrected chi connectivity index (χ3v) is 7.77. The van der Waals surface area contributed by atoms with Gasteiger partial charge in [-0.1, -0.05) is 12.1 Å². The molecule has 3 N–H and O–H groups in total. The number of nitrogens with one attached hydrogen (secondary N) is 3. The molecule has 1 aromatic heterocycles. The normalized spacial score (nSPS) is 26.6. The van der Waals surface area contributed by atoms with Crippen LogP contribution in [0.15, 0.2) is 48.8 Å². The Morgan fingerprint density at radius 2 is 1.59 bits per heavy atom. The van der Waals surface area contributed by atoms with Crippen LogP contribution < -0.4 is 16.0 Å². The standard InChI is InChI=1S/C27H32N4O3/c32-24(31-23-2-1-8-28-17-23)7-9-29-25(33)22-5-3-18(4-6-22)16-30-26(34)27-13-19-10-20(14-27)12-21(11-19)15-27/h1-6,8,17,19-21H,7,9-16H2,(H,29,33)(H,30,34)(H,31,32). The van der Waals surface area contributed by atoms with Gasteiger partial charge in [-0.15, -0.1) is 0 Å². The number of benzene rings is 1. The maximum absolute atomic E-state index is 13.1. The van der Waals surface area contributed by atoms with Gasteiger partial charge in [0.2, 0.25) is 11.8 Å². The second-order valence-electron chi connectivity index (χ2n) is 10.4. The van der Waals surface area contributed by atoms with Crippen LogP contribution in [0.2, 0.25) is 0 Å². The van der Waals surface area contributed by atoms with Crippen molar-refractivity contribution in [2.45, 2.75) is 51.5 Å². The lowest BCUT2D eigenvalue weighted by molar-refractivity contribution is -0.146. The molecule has 7 heteroatoms. The van der Waals surface area contributed by atoms with Gasteiger partial charge in [-0.25, -0.2) is 0 Å². The van der Waals surface area contributed by atoms with Gasteiger partial charge in [0.15, 0.2) is 0 Å². The van der Waals surface area contributed by atoms with Crippen molar-refractivity contribution in [1.82, 2.24) is 15.6 Å². The van der Waals surface area contributed by atoms with E-state index in [0.717, 1.165) is 42.6 Å². The van der Waals surface area contributed by atoms with Crippen molar-refractivity contribution >= 4 is 23.4 Å². The molecule has 1 heterocycles. The Morgan fingerprint density at radius 3 is 2.21 bits per heavy atom. The molecule has 0 unspecified atom stereocenters. The molecular weight excluding hydrogens is 428 g/mol. The minimum Gasteiger partial charge on any atom is -0.352 e. The highest BCUT2D eigenvalue weighted by atomic mass is 16.2. The van der Waals surface area contributed by atoms with E-state index in [2.05, 4.69) is 20.9 Å². The van der Waals surface area contributed by atoms with Gasteiger partial charge < -0.3 is 16.0 Å². The summed E-state index contributed by atoms with van der Waals surface area (Å²) in [5, 5.41) is 8.70. The number of aromatic nitrogens is 1. The van der Waals surface area contributed by atoms with Crippen molar-refractivity contribution in [3.05, 3.63) is 59.9 Å². The van der Waals surface area contributed by atoms with Gasteiger partial charge in [-0.3, -0.25) is 19.4 Å². The van der Waals surface area contributed by atoms with Crippen molar-refractivity contribution < 1.29 is 14.4 Å². The minimum atomic E-state index is -0.224. The van der Waals surface area contributed by atoms with Crippen molar-refractivity contribution in [2.75, 3.05) is 11.9 Å². The van der Waals surface area contributed by atoms with E-state index in [1.807, 2.05) is 12.1 Å². The molecule has 0 radical (unpaired) electrons. The van der Waals surface area contributed by atoms with Crippen LogP contribution in [0.4, 0.5) is 5.69 Å². The first kappa shape index (κ1) is 22.6. The fraction of sp³-hybridized carbons (Fsp3) is 0.481. The molecule has 1 aromatic carbocycles. The van der Waals surface area contributed by atoms with Gasteiger partial charge in [-0.2, -0.15) is 0 Å². The molecule has 4 aliphatic rings. The first-order chi connectivity index (χ1) is 16.5. The first-order valence-corrected chi connectivity index (χ1v) is 12.3. The molecule has 34 heavy (non-hydrogen) atoms. The van der Waals surface area contributed by atoms with Gasteiger partial charge in [-0.05, 0) is 86.1 Å². The van der Waals surface area contributed by atoms with Crippen LogP contribution in [0.25, 0.3) is 0 Å². The van der Waals surface area contributed by atoms with Crippen LogP contribution in [-0.4, -0.2) is 29.3 Å². The number of hydrogen-bond donors (Lipinski definition) is 3. The lowest BCUT2D eigenvalue weighted by Gasteiger charge is -2.55. The Kier molecular flexibility index (Phi) is 6.35. The van der Waals surface area contributed by atoms with Crippen LogP contribution >= 0.6 is 0 Å². The Bertz CT molecular complexity index is 1020. The van der Waals surface area contributed by atoms with E-state index in [0.29, 0.717) is 17.8 Å². The molecule has 7 nitrogen and oxygen atoms in total. The summed E-state index contributed by atoms with van der Waals surface area (Å²) in [4.78, 5) is 41.4. The summed E-state index contributed by atoms with van der Waals surface area (Å²) in [6.07, 6.45) is 10.5. The van der Waals surface area contributed by atoms with Crippen LogP contribution in [0, 0.1) is 23.2 Å². The topological polar surface area (TPSA) is 100 Å². The Labute approximate surface area is 200 Å². The molecule has 0 spiro atoms. The fourth-order valence-corrected chi connectivity index (χ4v) is 6.58. The molecule has 178 valence electrons. The highest BCUT2D eigenvalue weighted by Gasteiger charge is 2.54. The lowest BCUT2D eigenvalue weighted by atomic mass is 9.49. The summed E-state index contributed by atoms with van der Waals surface area (Å²) < 4.78 is 0. The lowest BCUT2D eigenvalue weighted by Crippen LogP contribution is -2.53. The molecule has 4 fully saturated rings. The number of pyridine rings is 1. The van der Waals surface area contributed by atoms with E-state index in [1.165, 1.54) is 19.3 Å². The summed E-state index contributed by atoms with van der Waals surface area (Å²) in [5.41, 5.74) is 2.00. The highest BCUT2D eigenvalue weighted by Crippen LogP contribution is 2.60. The molecule has 0 aliphatic heterocycles. The Balaban J connectivity index is 1.06. The average Bonchev–Trinajstić information content (AvgIpc) is 2.82. The van der Waals surface area contributed by atoms with Crippen LogP contribution in [0.1, 0.15) is 60.9 Å². The summed E-state index contributed by atoms with van der Waals surface area (Å²) in [6.45, 7) is 0.727. The number of carbonyl (C=O) groups excluding carboxylic acids is 3. The van der Waals surface area contributed by atoms with E-state index in [9.17, 15) is 14.4 Å². The van der Waals surface area contributed by atoms with E-state index < -0.39 is 0 Å². The summed E-state index contributed by atoms with van der Waals surface area (Å²) >= 11 is 0. The molecule has 3 amide bonds. The van der Waals surface area contributed by atoms with Crippen LogP contribution in [0.5, 0.6) is 0 Å². The zero-order valence-corrected chi connectivity index (χ0v) is 19.4. The van der Waals surface area contributed by atoms with Gasteiger partial charge in [0, 0.05) is 36.7 Å². The highest BCUT2D eigenvalue weighted by molar-refractivity contribution is 5.95. The number of carbonyl (C=O) groups is 3. The number of nitrogens with zero attached hydrogens (tertiary/aromatic N) is 1. The Hall–Kier alpha value is -3.22. The number of hydrogen-bond acceptors (Lipinski definition) is 4. The van der Waals surface area contributed by atoms with E-state index in [1.54, 1.807) is 36.7 Å². The molecule has 0 atom stereocenters. The second kappa shape index (κ2) is 9.57. The molecular formula is C27H32N4O3. The smallest absolute Gasteiger partial charge is 0.251 e. The van der Waals surface area contributed by atoms with Crippen molar-refractivity contribution in [1.29, 1.82) is 0 Å². The molecule has 0 saturated heterocycles. The molecule has 4 saturated carbocycles. The van der Waals surface area contributed by atoms with Gasteiger partial charge in [0.05, 0.1) is 11.9 Å². The maximum atomic E-state index is 13.1. The van der Waals surface area contributed by atoms with Gasteiger partial charge in [0.25, 0.3) is 5.91 Å². The largest absolute Gasteiger partial charge is 0.352 e. The average molecular weight is 461 g/mol. The molecule has 2 aromatic rings. The molecule has 4 aliphatic carbocycles. The van der Waals surface area contributed by atoms with E-state index in [4.69, 9.17) is 0 Å². The second-order valence-corrected chi connectivity index (χ2v) is 10.4. The maximum Gasteiger partial charge on any atom is 0.251 e. The van der Waals surface area contributed by atoms with Crippen molar-refractivity contribution in [3.8, 4) is 0 Å². The molecule has 6 rings (SSSR count). The number of amides is 3. The SMILES string of the molecule is O=C(CCNC(=O)c1ccc(CNC(=O)C23CC4CC(CC(C4)C2)C3)cc1)Nc1cccnc1. The van der Waals surface area contributed by atoms with Crippen LogP contribution in [-0.2, 0) is 16.1 Å². The summed E-state index contributed by atoms with van der Waals surface area (Å²) in [6, 6.07) is 10.8. The van der Waals surface area contributed by atoms with Gasteiger partial charge in [0.1, 0.15) is 0 Å². The minimum absolute atomic E-state index is 0.141. The summed E-state index contributed by atoms with van der Waals surface area (Å²) in [7, 11) is 0. The Morgan fingerprint density at radius 1 is 0.912 bits per heavy atom. The van der Waals surface area contributed by atoms with E-state index >= 15 is 0 Å². The zero-order chi connectivity index (χ0) is 23.5. The molecule has 4 bridgehead atoms.